The average molecular weight is 306 g/mol. The Kier molecular flexibility index (Phi) is 4.75. The van der Waals surface area contributed by atoms with Crippen LogP contribution in [0.1, 0.15) is 34.6 Å². The highest BCUT2D eigenvalue weighted by Gasteiger charge is 2.16. The third-order valence-corrected chi connectivity index (χ3v) is 3.22. The maximum atomic E-state index is 12.2. The van der Waals surface area contributed by atoms with E-state index in [-0.39, 0.29) is 22.8 Å². The Morgan fingerprint density at radius 2 is 2.14 bits per heavy atom. The normalized spacial score (nSPS) is 11.8. The zero-order valence-corrected chi connectivity index (χ0v) is 12.8. The third-order valence-electron chi connectivity index (χ3n) is 3.04. The van der Waals surface area contributed by atoms with Gasteiger partial charge in [-0.2, -0.15) is 0 Å². The summed E-state index contributed by atoms with van der Waals surface area (Å²) < 4.78 is 5.33. The Balaban J connectivity index is 2.20. The highest BCUT2D eigenvalue weighted by molar-refractivity contribution is 6.29. The number of hydrogen-bond donors (Lipinski definition) is 1. The van der Waals surface area contributed by atoms with Crippen LogP contribution >= 0.6 is 11.6 Å². The molecule has 0 saturated carbocycles. The fourth-order valence-electron chi connectivity index (χ4n) is 1.99. The zero-order chi connectivity index (χ0) is 15.4. The number of ether oxygens (including phenoxy) is 1. The third kappa shape index (κ3) is 3.70. The van der Waals surface area contributed by atoms with E-state index in [1.54, 1.807) is 7.11 Å². The molecule has 0 aliphatic carbocycles. The quantitative estimate of drug-likeness (QED) is 0.943. The highest BCUT2D eigenvalue weighted by Crippen LogP contribution is 2.26. The number of aryl methyl sites for hydroxylation is 1. The molecule has 110 valence electrons. The van der Waals surface area contributed by atoms with Gasteiger partial charge in [-0.3, -0.25) is 9.78 Å². The van der Waals surface area contributed by atoms with E-state index in [1.165, 1.54) is 12.4 Å². The van der Waals surface area contributed by atoms with Crippen LogP contribution in [0, 0.1) is 6.92 Å². The summed E-state index contributed by atoms with van der Waals surface area (Å²) in [7, 11) is 1.60. The summed E-state index contributed by atoms with van der Waals surface area (Å²) in [4.78, 5) is 19.9. The Bertz CT molecular complexity index is 661. The Morgan fingerprint density at radius 1 is 1.38 bits per heavy atom. The summed E-state index contributed by atoms with van der Waals surface area (Å²) in [5, 5.41) is 3.05. The number of carbonyl (C=O) groups is 1. The van der Waals surface area contributed by atoms with Crippen LogP contribution in [0.5, 0.6) is 5.75 Å². The maximum Gasteiger partial charge on any atom is 0.272 e. The van der Waals surface area contributed by atoms with Gasteiger partial charge in [0.1, 0.15) is 16.6 Å². The number of rotatable bonds is 4. The van der Waals surface area contributed by atoms with Gasteiger partial charge >= 0.3 is 0 Å². The fraction of sp³-hybridized carbons (Fsp3) is 0.267. The number of aromatic nitrogens is 2. The fourth-order valence-corrected chi connectivity index (χ4v) is 2.14. The highest BCUT2D eigenvalue weighted by atomic mass is 35.5. The van der Waals surface area contributed by atoms with Gasteiger partial charge in [0.05, 0.1) is 25.5 Å². The zero-order valence-electron chi connectivity index (χ0n) is 12.1. The largest absolute Gasteiger partial charge is 0.496 e. The molecule has 0 spiro atoms. The van der Waals surface area contributed by atoms with E-state index in [4.69, 9.17) is 16.3 Å². The predicted molar refractivity (Wildman–Crippen MR) is 80.7 cm³/mol. The summed E-state index contributed by atoms with van der Waals surface area (Å²) in [6, 6.07) is 5.59. The Morgan fingerprint density at radius 3 is 2.81 bits per heavy atom. The summed E-state index contributed by atoms with van der Waals surface area (Å²) in [6.45, 7) is 3.87. The van der Waals surface area contributed by atoms with Gasteiger partial charge in [-0.05, 0) is 19.9 Å². The molecule has 2 rings (SSSR count). The van der Waals surface area contributed by atoms with Gasteiger partial charge in [0.15, 0.2) is 0 Å². The van der Waals surface area contributed by atoms with Gasteiger partial charge in [0.2, 0.25) is 0 Å². The number of benzene rings is 1. The molecular formula is C15H16ClN3O2. The molecule has 2 aromatic rings. The van der Waals surface area contributed by atoms with E-state index < -0.39 is 0 Å². The van der Waals surface area contributed by atoms with Crippen LogP contribution in [0.4, 0.5) is 0 Å². The van der Waals surface area contributed by atoms with Crippen molar-refractivity contribution in [1.29, 1.82) is 0 Å². The van der Waals surface area contributed by atoms with Crippen molar-refractivity contribution in [2.24, 2.45) is 0 Å². The first-order valence-corrected chi connectivity index (χ1v) is 6.82. The van der Waals surface area contributed by atoms with E-state index in [9.17, 15) is 4.79 Å². The molecule has 0 aliphatic rings. The number of hydrogen-bond acceptors (Lipinski definition) is 4. The van der Waals surface area contributed by atoms with E-state index in [0.29, 0.717) is 0 Å². The molecule has 0 saturated heterocycles. The lowest BCUT2D eigenvalue weighted by atomic mass is 10.0. The van der Waals surface area contributed by atoms with Crippen LogP contribution in [-0.2, 0) is 0 Å². The second-order valence-corrected chi connectivity index (χ2v) is 5.05. The number of carbonyl (C=O) groups excluding carboxylic acids is 1. The number of amides is 1. The van der Waals surface area contributed by atoms with Crippen LogP contribution in [-0.4, -0.2) is 23.0 Å². The predicted octanol–water partition coefficient (Wildman–Crippen LogP) is 2.94. The minimum Gasteiger partial charge on any atom is -0.496 e. The van der Waals surface area contributed by atoms with Crippen molar-refractivity contribution >= 4 is 17.5 Å². The molecule has 1 aromatic carbocycles. The average Bonchev–Trinajstić information content (AvgIpc) is 2.47. The monoisotopic (exact) mass is 305 g/mol. The first-order valence-electron chi connectivity index (χ1n) is 6.44. The molecule has 0 bridgehead atoms. The van der Waals surface area contributed by atoms with Gasteiger partial charge < -0.3 is 10.1 Å². The van der Waals surface area contributed by atoms with Gasteiger partial charge in [0.25, 0.3) is 5.91 Å². The van der Waals surface area contributed by atoms with Crippen LogP contribution in [0.2, 0.25) is 5.15 Å². The summed E-state index contributed by atoms with van der Waals surface area (Å²) >= 11 is 5.74. The second-order valence-electron chi connectivity index (χ2n) is 4.67. The first kappa shape index (κ1) is 15.3. The van der Waals surface area contributed by atoms with Crippen molar-refractivity contribution in [3.8, 4) is 5.75 Å². The van der Waals surface area contributed by atoms with Crippen molar-refractivity contribution in [3.05, 3.63) is 52.6 Å². The van der Waals surface area contributed by atoms with Gasteiger partial charge in [0, 0.05) is 5.56 Å². The summed E-state index contributed by atoms with van der Waals surface area (Å²) in [6.07, 6.45) is 2.76. The Hall–Kier alpha value is -2.14. The minimum atomic E-state index is -0.332. The summed E-state index contributed by atoms with van der Waals surface area (Å²) in [5.41, 5.74) is 2.18. The molecule has 0 radical (unpaired) electrons. The Labute approximate surface area is 128 Å². The molecular weight excluding hydrogens is 290 g/mol. The van der Waals surface area contributed by atoms with Crippen molar-refractivity contribution in [1.82, 2.24) is 15.3 Å². The van der Waals surface area contributed by atoms with Crippen molar-refractivity contribution in [3.63, 3.8) is 0 Å². The summed E-state index contributed by atoms with van der Waals surface area (Å²) in [5.74, 6) is 0.395. The molecule has 0 fully saturated rings. The minimum absolute atomic E-state index is 0.181. The van der Waals surface area contributed by atoms with Crippen molar-refractivity contribution in [2.75, 3.05) is 7.11 Å². The number of halogens is 1. The number of methoxy groups -OCH3 is 1. The first-order chi connectivity index (χ1) is 10.0. The van der Waals surface area contributed by atoms with E-state index >= 15 is 0 Å². The topological polar surface area (TPSA) is 64.1 Å². The molecule has 1 amide bonds. The smallest absolute Gasteiger partial charge is 0.272 e. The van der Waals surface area contributed by atoms with Crippen LogP contribution < -0.4 is 10.1 Å². The molecule has 6 heteroatoms. The molecule has 0 aliphatic heterocycles. The van der Waals surface area contributed by atoms with Crippen molar-refractivity contribution in [2.45, 2.75) is 19.9 Å². The molecule has 1 unspecified atom stereocenters. The second kappa shape index (κ2) is 6.54. The van der Waals surface area contributed by atoms with Gasteiger partial charge in [-0.15, -0.1) is 0 Å². The molecule has 1 N–H and O–H groups in total. The molecule has 5 nitrogen and oxygen atoms in total. The molecule has 21 heavy (non-hydrogen) atoms. The van der Waals surface area contributed by atoms with Crippen LogP contribution in [0.25, 0.3) is 0 Å². The lowest BCUT2D eigenvalue weighted by Gasteiger charge is -2.17. The van der Waals surface area contributed by atoms with E-state index in [1.807, 2.05) is 32.0 Å². The van der Waals surface area contributed by atoms with E-state index in [2.05, 4.69) is 15.3 Å². The molecule has 1 atom stereocenters. The molecule has 1 aromatic heterocycles. The van der Waals surface area contributed by atoms with Gasteiger partial charge in [-0.25, -0.2) is 4.98 Å². The molecule has 1 heterocycles. The maximum absolute atomic E-state index is 12.2. The van der Waals surface area contributed by atoms with Crippen LogP contribution in [0.3, 0.4) is 0 Å². The lowest BCUT2D eigenvalue weighted by molar-refractivity contribution is 0.0934. The number of nitrogens with one attached hydrogen (secondary N) is 1. The lowest BCUT2D eigenvalue weighted by Crippen LogP contribution is -2.28. The standard InChI is InChI=1S/C15H16ClN3O2/c1-9-4-5-13(21-3)11(6-9)10(2)18-15(20)12-7-17-8-14(16)19-12/h4-8,10H,1-3H3,(H,18,20). The van der Waals surface area contributed by atoms with Crippen LogP contribution in [0.15, 0.2) is 30.6 Å². The van der Waals surface area contributed by atoms with Crippen molar-refractivity contribution < 1.29 is 9.53 Å². The number of nitrogens with zero attached hydrogens (tertiary/aromatic N) is 2. The van der Waals surface area contributed by atoms with E-state index in [0.717, 1.165) is 16.9 Å². The van der Waals surface area contributed by atoms with Gasteiger partial charge in [-0.1, -0.05) is 29.3 Å². The SMILES string of the molecule is COc1ccc(C)cc1C(C)NC(=O)c1cncc(Cl)n1.